The molecule has 0 spiro atoms. The highest BCUT2D eigenvalue weighted by atomic mass is 32.1. The standard InChI is InChI=1S/C10H10N4O2S/c1-6-12-14-10(17-6)13-11-5-7-2-3-8(15)4-9(7)16/h2-5,15-16H,1H3,(H,13,14)/b11-5-. The number of anilines is 1. The van der Waals surface area contributed by atoms with E-state index in [0.29, 0.717) is 10.7 Å². The largest absolute Gasteiger partial charge is 0.508 e. The van der Waals surface area contributed by atoms with E-state index >= 15 is 0 Å². The molecule has 1 aromatic heterocycles. The first kappa shape index (κ1) is 11.3. The van der Waals surface area contributed by atoms with E-state index in [0.717, 1.165) is 5.01 Å². The fraction of sp³-hybridized carbons (Fsp3) is 0.100. The molecule has 0 saturated heterocycles. The number of rotatable bonds is 3. The Balaban J connectivity index is 2.05. The summed E-state index contributed by atoms with van der Waals surface area (Å²) in [5, 5.41) is 31.6. The summed E-state index contributed by atoms with van der Waals surface area (Å²) in [5.41, 5.74) is 3.19. The van der Waals surface area contributed by atoms with Crippen LogP contribution >= 0.6 is 11.3 Å². The van der Waals surface area contributed by atoms with E-state index in [1.165, 1.54) is 29.7 Å². The first-order valence-electron chi connectivity index (χ1n) is 4.76. The Labute approximate surface area is 101 Å². The van der Waals surface area contributed by atoms with Gasteiger partial charge in [-0.25, -0.2) is 0 Å². The number of hydrogen-bond donors (Lipinski definition) is 3. The van der Waals surface area contributed by atoms with E-state index in [2.05, 4.69) is 20.7 Å². The molecule has 0 atom stereocenters. The second-order valence-electron chi connectivity index (χ2n) is 3.24. The molecular weight excluding hydrogens is 240 g/mol. The van der Waals surface area contributed by atoms with Crippen molar-refractivity contribution in [1.82, 2.24) is 10.2 Å². The van der Waals surface area contributed by atoms with Gasteiger partial charge in [0.25, 0.3) is 0 Å². The van der Waals surface area contributed by atoms with Crippen molar-refractivity contribution in [2.75, 3.05) is 5.43 Å². The Bertz CT molecular complexity index is 553. The highest BCUT2D eigenvalue weighted by Crippen LogP contribution is 2.21. The number of aromatic nitrogens is 2. The number of hydrazone groups is 1. The van der Waals surface area contributed by atoms with Gasteiger partial charge in [0.2, 0.25) is 5.13 Å². The van der Waals surface area contributed by atoms with Gasteiger partial charge in [0.15, 0.2) is 0 Å². The second kappa shape index (κ2) is 4.79. The van der Waals surface area contributed by atoms with E-state index in [4.69, 9.17) is 5.11 Å². The van der Waals surface area contributed by atoms with E-state index in [9.17, 15) is 5.11 Å². The predicted octanol–water partition coefficient (Wildman–Crippen LogP) is 1.70. The maximum atomic E-state index is 9.49. The first-order valence-corrected chi connectivity index (χ1v) is 5.58. The van der Waals surface area contributed by atoms with Crippen LogP contribution in [0.15, 0.2) is 23.3 Å². The quantitative estimate of drug-likeness (QED) is 0.569. The number of nitrogens with zero attached hydrogens (tertiary/aromatic N) is 3. The van der Waals surface area contributed by atoms with Crippen LogP contribution in [0, 0.1) is 6.92 Å². The molecule has 88 valence electrons. The number of benzene rings is 1. The molecule has 0 radical (unpaired) electrons. The van der Waals surface area contributed by atoms with E-state index in [1.54, 1.807) is 6.07 Å². The minimum atomic E-state index is -0.0380. The Hall–Kier alpha value is -2.15. The molecule has 2 rings (SSSR count). The highest BCUT2D eigenvalue weighted by molar-refractivity contribution is 7.15. The van der Waals surface area contributed by atoms with Gasteiger partial charge in [0, 0.05) is 11.6 Å². The summed E-state index contributed by atoms with van der Waals surface area (Å²) in [6, 6.07) is 4.27. The van der Waals surface area contributed by atoms with Gasteiger partial charge < -0.3 is 10.2 Å². The molecule has 3 N–H and O–H groups in total. The van der Waals surface area contributed by atoms with Crippen LogP contribution in [-0.4, -0.2) is 26.6 Å². The number of hydrogen-bond acceptors (Lipinski definition) is 7. The molecule has 0 unspecified atom stereocenters. The zero-order chi connectivity index (χ0) is 12.3. The zero-order valence-electron chi connectivity index (χ0n) is 8.95. The molecule has 2 aromatic rings. The van der Waals surface area contributed by atoms with Gasteiger partial charge in [-0.05, 0) is 19.1 Å². The third-order valence-corrected chi connectivity index (χ3v) is 2.65. The summed E-state index contributed by atoms with van der Waals surface area (Å²) in [5.74, 6) is -0.0312. The Morgan fingerprint density at radius 1 is 1.35 bits per heavy atom. The third kappa shape index (κ3) is 2.91. The molecule has 0 amide bonds. The third-order valence-electron chi connectivity index (χ3n) is 1.90. The summed E-state index contributed by atoms with van der Waals surface area (Å²) in [7, 11) is 0. The summed E-state index contributed by atoms with van der Waals surface area (Å²) < 4.78 is 0. The zero-order valence-corrected chi connectivity index (χ0v) is 9.77. The fourth-order valence-corrected chi connectivity index (χ4v) is 1.68. The molecule has 0 aliphatic heterocycles. The Morgan fingerprint density at radius 2 is 2.18 bits per heavy atom. The molecule has 0 saturated carbocycles. The molecule has 6 nitrogen and oxygen atoms in total. The first-order chi connectivity index (χ1) is 8.15. The van der Waals surface area contributed by atoms with E-state index in [1.807, 2.05) is 6.92 Å². The van der Waals surface area contributed by atoms with Crippen molar-refractivity contribution in [3.63, 3.8) is 0 Å². The van der Waals surface area contributed by atoms with Crippen molar-refractivity contribution < 1.29 is 10.2 Å². The number of phenolic OH excluding ortho intramolecular Hbond substituents is 2. The van der Waals surface area contributed by atoms with Crippen LogP contribution in [0.5, 0.6) is 11.5 Å². The smallest absolute Gasteiger partial charge is 0.225 e. The molecule has 1 heterocycles. The molecule has 17 heavy (non-hydrogen) atoms. The number of aromatic hydroxyl groups is 2. The van der Waals surface area contributed by atoms with Crippen LogP contribution in [-0.2, 0) is 0 Å². The number of phenols is 2. The average Bonchev–Trinajstić information content (AvgIpc) is 2.68. The van der Waals surface area contributed by atoms with Gasteiger partial charge in [-0.3, -0.25) is 5.43 Å². The SMILES string of the molecule is Cc1nnc(N/N=C\c2ccc(O)cc2O)s1. The lowest BCUT2D eigenvalue weighted by Gasteiger charge is -1.98. The second-order valence-corrected chi connectivity index (χ2v) is 4.42. The summed E-state index contributed by atoms with van der Waals surface area (Å²) in [6.07, 6.45) is 1.44. The lowest BCUT2D eigenvalue weighted by molar-refractivity contribution is 0.450. The van der Waals surface area contributed by atoms with Gasteiger partial charge in [-0.2, -0.15) is 5.10 Å². The predicted molar refractivity (Wildman–Crippen MR) is 65.6 cm³/mol. The minimum Gasteiger partial charge on any atom is -0.508 e. The fourth-order valence-electron chi connectivity index (χ4n) is 1.14. The summed E-state index contributed by atoms with van der Waals surface area (Å²) >= 11 is 1.38. The molecular formula is C10H10N4O2S. The maximum Gasteiger partial charge on any atom is 0.225 e. The molecule has 0 aliphatic rings. The Morgan fingerprint density at radius 3 is 2.82 bits per heavy atom. The normalized spacial score (nSPS) is 10.9. The highest BCUT2D eigenvalue weighted by Gasteiger charge is 2.00. The van der Waals surface area contributed by atoms with Gasteiger partial charge in [-0.1, -0.05) is 11.3 Å². The number of aryl methyl sites for hydroxylation is 1. The molecule has 1 aromatic carbocycles. The molecule has 0 bridgehead atoms. The lowest BCUT2D eigenvalue weighted by Crippen LogP contribution is -1.90. The van der Waals surface area contributed by atoms with Crippen LogP contribution < -0.4 is 5.43 Å². The van der Waals surface area contributed by atoms with Crippen molar-refractivity contribution in [2.45, 2.75) is 6.92 Å². The van der Waals surface area contributed by atoms with Crippen molar-refractivity contribution in [2.24, 2.45) is 5.10 Å². The monoisotopic (exact) mass is 250 g/mol. The van der Waals surface area contributed by atoms with Gasteiger partial charge >= 0.3 is 0 Å². The van der Waals surface area contributed by atoms with Crippen LogP contribution in [0.3, 0.4) is 0 Å². The summed E-state index contributed by atoms with van der Waals surface area (Å²) in [6.45, 7) is 1.85. The Kier molecular flexibility index (Phi) is 3.20. The van der Waals surface area contributed by atoms with Crippen LogP contribution in [0.1, 0.15) is 10.6 Å². The maximum absolute atomic E-state index is 9.49. The lowest BCUT2D eigenvalue weighted by atomic mass is 10.2. The molecule has 0 fully saturated rings. The van der Waals surface area contributed by atoms with Crippen molar-refractivity contribution in [3.05, 3.63) is 28.8 Å². The van der Waals surface area contributed by atoms with Crippen LogP contribution in [0.4, 0.5) is 5.13 Å². The molecule has 7 heteroatoms. The van der Waals surface area contributed by atoms with Crippen LogP contribution in [0.2, 0.25) is 0 Å². The topological polar surface area (TPSA) is 90.6 Å². The summed E-state index contributed by atoms with van der Waals surface area (Å²) in [4.78, 5) is 0. The van der Waals surface area contributed by atoms with E-state index in [-0.39, 0.29) is 11.5 Å². The van der Waals surface area contributed by atoms with Crippen LogP contribution in [0.25, 0.3) is 0 Å². The van der Waals surface area contributed by atoms with Gasteiger partial charge in [0.1, 0.15) is 16.5 Å². The van der Waals surface area contributed by atoms with Crippen molar-refractivity contribution >= 4 is 22.7 Å². The minimum absolute atomic E-state index is 0.00681. The average molecular weight is 250 g/mol. The van der Waals surface area contributed by atoms with Gasteiger partial charge in [0.05, 0.1) is 6.21 Å². The molecule has 0 aliphatic carbocycles. The van der Waals surface area contributed by atoms with Crippen molar-refractivity contribution in [3.8, 4) is 11.5 Å². The van der Waals surface area contributed by atoms with Crippen molar-refractivity contribution in [1.29, 1.82) is 0 Å². The van der Waals surface area contributed by atoms with E-state index < -0.39 is 0 Å². The number of nitrogens with one attached hydrogen (secondary N) is 1. The van der Waals surface area contributed by atoms with Gasteiger partial charge in [-0.15, -0.1) is 10.2 Å².